The Morgan fingerprint density at radius 3 is 2.78 bits per heavy atom. The quantitative estimate of drug-likeness (QED) is 0.358. The number of alkyl halides is 3. The number of halogens is 3. The van der Waals surface area contributed by atoms with Crippen LogP contribution in [0.4, 0.5) is 13.2 Å². The first-order valence-corrected chi connectivity index (χ1v) is 10.4. The molecule has 1 saturated heterocycles. The topological polar surface area (TPSA) is 82.5 Å². The van der Waals surface area contributed by atoms with E-state index in [1.165, 1.54) is 23.7 Å². The van der Waals surface area contributed by atoms with Crippen molar-refractivity contribution in [2.24, 2.45) is 0 Å². The van der Waals surface area contributed by atoms with Crippen molar-refractivity contribution in [1.29, 1.82) is 0 Å². The van der Waals surface area contributed by atoms with Crippen LogP contribution in [0.5, 0.6) is 0 Å². The van der Waals surface area contributed by atoms with E-state index in [4.69, 9.17) is 9.47 Å². The maximum absolute atomic E-state index is 13.0. The minimum atomic E-state index is -4.50. The Morgan fingerprint density at radius 2 is 2.09 bits per heavy atom. The van der Waals surface area contributed by atoms with Gasteiger partial charge in [-0.3, -0.25) is 9.59 Å². The summed E-state index contributed by atoms with van der Waals surface area (Å²) in [7, 11) is 0. The van der Waals surface area contributed by atoms with Gasteiger partial charge in [0.1, 0.15) is 0 Å². The van der Waals surface area contributed by atoms with Gasteiger partial charge in [-0.25, -0.2) is 4.68 Å². The first-order chi connectivity index (χ1) is 15.2. The van der Waals surface area contributed by atoms with Gasteiger partial charge < -0.3 is 14.8 Å². The standard InChI is InChI=1S/C22H26F3N3O4/c1-14-19(15(2)28(27-14)17-7-3-6-16(12-17)22(23,24)25)20(29)21(30)26-9-5-10-31-13-18-8-4-11-32-18/h3,6-7,12,18H,4-5,8-11,13H2,1-2H3,(H,26,30). The number of nitrogens with one attached hydrogen (secondary N) is 1. The molecular weight excluding hydrogens is 427 g/mol. The number of ketones is 1. The lowest BCUT2D eigenvalue weighted by Crippen LogP contribution is -2.33. The molecule has 1 aromatic carbocycles. The SMILES string of the molecule is Cc1nn(-c2cccc(C(F)(F)F)c2)c(C)c1C(=O)C(=O)NCCCOCC1CCCO1. The van der Waals surface area contributed by atoms with Crippen molar-refractivity contribution >= 4 is 11.7 Å². The van der Waals surface area contributed by atoms with Crippen LogP contribution in [0, 0.1) is 13.8 Å². The van der Waals surface area contributed by atoms with E-state index < -0.39 is 23.4 Å². The van der Waals surface area contributed by atoms with Crippen LogP contribution < -0.4 is 5.32 Å². The molecule has 7 nitrogen and oxygen atoms in total. The molecular formula is C22H26F3N3O4. The Balaban J connectivity index is 1.58. The van der Waals surface area contributed by atoms with E-state index in [1.54, 1.807) is 6.92 Å². The summed E-state index contributed by atoms with van der Waals surface area (Å²) >= 11 is 0. The van der Waals surface area contributed by atoms with Gasteiger partial charge in [0.05, 0.1) is 40.9 Å². The second-order valence-corrected chi connectivity index (χ2v) is 7.65. The Labute approximate surface area is 183 Å². The molecule has 1 aliphatic rings. The number of carbonyl (C=O) groups excluding carboxylic acids is 2. The molecule has 1 amide bonds. The number of Topliss-reactive ketones (excluding diaryl/α,β-unsaturated/α-hetero) is 1. The van der Waals surface area contributed by atoms with Crippen LogP contribution in [-0.4, -0.2) is 53.9 Å². The van der Waals surface area contributed by atoms with Gasteiger partial charge >= 0.3 is 6.18 Å². The third-order valence-corrected chi connectivity index (χ3v) is 5.22. The number of aryl methyl sites for hydroxylation is 1. The highest BCUT2D eigenvalue weighted by Crippen LogP contribution is 2.31. The number of nitrogens with zero attached hydrogens (tertiary/aromatic N) is 2. The molecule has 3 rings (SSSR count). The largest absolute Gasteiger partial charge is 0.416 e. The van der Waals surface area contributed by atoms with Gasteiger partial charge in [-0.2, -0.15) is 18.3 Å². The highest BCUT2D eigenvalue weighted by atomic mass is 19.4. The van der Waals surface area contributed by atoms with Crippen LogP contribution in [0.2, 0.25) is 0 Å². The molecule has 2 heterocycles. The third kappa shape index (κ3) is 5.74. The third-order valence-electron chi connectivity index (χ3n) is 5.22. The minimum absolute atomic E-state index is 0.0783. The molecule has 0 saturated carbocycles. The summed E-state index contributed by atoms with van der Waals surface area (Å²) in [4.78, 5) is 25.0. The van der Waals surface area contributed by atoms with Crippen molar-refractivity contribution in [2.75, 3.05) is 26.4 Å². The fourth-order valence-corrected chi connectivity index (χ4v) is 3.60. The highest BCUT2D eigenvalue weighted by molar-refractivity contribution is 6.43. The lowest BCUT2D eigenvalue weighted by Gasteiger charge is -2.10. The van der Waals surface area contributed by atoms with E-state index in [-0.39, 0.29) is 29.6 Å². The van der Waals surface area contributed by atoms with Crippen LogP contribution in [0.3, 0.4) is 0 Å². The molecule has 1 atom stereocenters. The molecule has 0 bridgehead atoms. The molecule has 2 aromatic rings. The van der Waals surface area contributed by atoms with E-state index in [0.29, 0.717) is 25.3 Å². The molecule has 0 radical (unpaired) electrons. The summed E-state index contributed by atoms with van der Waals surface area (Å²) in [5.74, 6) is -1.57. The minimum Gasteiger partial charge on any atom is -0.379 e. The molecule has 1 fully saturated rings. The smallest absolute Gasteiger partial charge is 0.379 e. The maximum Gasteiger partial charge on any atom is 0.416 e. The van der Waals surface area contributed by atoms with Crippen LogP contribution >= 0.6 is 0 Å². The maximum atomic E-state index is 13.0. The van der Waals surface area contributed by atoms with Crippen molar-refractivity contribution in [2.45, 2.75) is 45.4 Å². The number of amides is 1. The summed E-state index contributed by atoms with van der Waals surface area (Å²) in [6.45, 7) is 5.04. The molecule has 1 N–H and O–H groups in total. The van der Waals surface area contributed by atoms with E-state index >= 15 is 0 Å². The van der Waals surface area contributed by atoms with Crippen LogP contribution in [0.15, 0.2) is 24.3 Å². The summed E-state index contributed by atoms with van der Waals surface area (Å²) in [5.41, 5.74) is -0.0328. The lowest BCUT2D eigenvalue weighted by atomic mass is 10.1. The molecule has 1 aromatic heterocycles. The second-order valence-electron chi connectivity index (χ2n) is 7.65. The Bertz CT molecular complexity index is 966. The monoisotopic (exact) mass is 453 g/mol. The predicted octanol–water partition coefficient (Wildman–Crippen LogP) is 3.39. The van der Waals surface area contributed by atoms with Crippen LogP contribution in [0.1, 0.15) is 46.6 Å². The lowest BCUT2D eigenvalue weighted by molar-refractivity contribution is -0.137. The van der Waals surface area contributed by atoms with E-state index in [2.05, 4.69) is 10.4 Å². The Morgan fingerprint density at radius 1 is 1.31 bits per heavy atom. The van der Waals surface area contributed by atoms with Gasteiger partial charge in [0.2, 0.25) is 0 Å². The number of rotatable bonds is 9. The summed E-state index contributed by atoms with van der Waals surface area (Å²) < 4.78 is 51.3. The van der Waals surface area contributed by atoms with Gasteiger partial charge in [-0.1, -0.05) is 6.07 Å². The molecule has 1 unspecified atom stereocenters. The summed E-state index contributed by atoms with van der Waals surface area (Å²) in [6.07, 6.45) is -1.82. The van der Waals surface area contributed by atoms with Crippen LogP contribution in [0.25, 0.3) is 5.69 Å². The molecule has 0 spiro atoms. The highest BCUT2D eigenvalue weighted by Gasteiger charge is 2.31. The first kappa shape index (κ1) is 23.9. The second kappa shape index (κ2) is 10.3. The molecule has 174 valence electrons. The number of aromatic nitrogens is 2. The number of benzene rings is 1. The van der Waals surface area contributed by atoms with Crippen molar-refractivity contribution in [3.05, 3.63) is 46.8 Å². The van der Waals surface area contributed by atoms with Crippen molar-refractivity contribution in [1.82, 2.24) is 15.1 Å². The number of hydrogen-bond donors (Lipinski definition) is 1. The van der Waals surface area contributed by atoms with Gasteiger partial charge in [0, 0.05) is 19.8 Å². The van der Waals surface area contributed by atoms with Gasteiger partial charge in [-0.05, 0) is 51.3 Å². The molecule has 10 heteroatoms. The van der Waals surface area contributed by atoms with E-state index in [0.717, 1.165) is 31.6 Å². The predicted molar refractivity (Wildman–Crippen MR) is 110 cm³/mol. The molecule has 0 aliphatic carbocycles. The first-order valence-electron chi connectivity index (χ1n) is 10.4. The Kier molecular flexibility index (Phi) is 7.68. The fraction of sp³-hybridized carbons (Fsp3) is 0.500. The van der Waals surface area contributed by atoms with Gasteiger partial charge in [0.25, 0.3) is 11.7 Å². The van der Waals surface area contributed by atoms with E-state index in [9.17, 15) is 22.8 Å². The van der Waals surface area contributed by atoms with Gasteiger partial charge in [-0.15, -0.1) is 0 Å². The van der Waals surface area contributed by atoms with Crippen molar-refractivity contribution < 1.29 is 32.2 Å². The average molecular weight is 453 g/mol. The number of hydrogen-bond acceptors (Lipinski definition) is 5. The van der Waals surface area contributed by atoms with Crippen molar-refractivity contribution in [3.63, 3.8) is 0 Å². The zero-order chi connectivity index (χ0) is 23.3. The summed E-state index contributed by atoms with van der Waals surface area (Å²) in [5, 5.41) is 6.74. The number of ether oxygens (including phenoxy) is 2. The zero-order valence-corrected chi connectivity index (χ0v) is 18.0. The normalized spacial score (nSPS) is 16.3. The van der Waals surface area contributed by atoms with E-state index in [1.807, 2.05) is 0 Å². The molecule has 1 aliphatic heterocycles. The fourth-order valence-electron chi connectivity index (χ4n) is 3.60. The molecule has 32 heavy (non-hydrogen) atoms. The summed E-state index contributed by atoms with van der Waals surface area (Å²) in [6, 6.07) is 4.63. The number of carbonyl (C=O) groups is 2. The zero-order valence-electron chi connectivity index (χ0n) is 18.0. The van der Waals surface area contributed by atoms with Crippen molar-refractivity contribution in [3.8, 4) is 5.69 Å². The average Bonchev–Trinajstić information content (AvgIpc) is 3.37. The Hall–Kier alpha value is -2.72. The van der Waals surface area contributed by atoms with Gasteiger partial charge in [0.15, 0.2) is 0 Å². The van der Waals surface area contributed by atoms with Crippen LogP contribution in [-0.2, 0) is 20.4 Å².